The number of hydrogen-bond acceptors (Lipinski definition) is 4. The zero-order valence-corrected chi connectivity index (χ0v) is 13.9. The Kier molecular flexibility index (Phi) is 3.94. The molecule has 0 N–H and O–H groups in total. The van der Waals surface area contributed by atoms with Gasteiger partial charge in [0.15, 0.2) is 0 Å². The lowest BCUT2D eigenvalue weighted by Crippen LogP contribution is -2.05. The van der Waals surface area contributed by atoms with Crippen LogP contribution in [0.25, 0.3) is 10.8 Å². The number of methoxy groups -OCH3 is 1. The summed E-state index contributed by atoms with van der Waals surface area (Å²) in [4.78, 5) is 17.7. The highest BCUT2D eigenvalue weighted by atomic mass is 16.7. The molecule has 0 fully saturated rings. The molecule has 0 amide bonds. The number of hydrogen-bond donors (Lipinski definition) is 0. The molecule has 0 aliphatic heterocycles. The topological polar surface area (TPSA) is 47.9 Å². The summed E-state index contributed by atoms with van der Waals surface area (Å²) in [7, 11) is 1.65. The van der Waals surface area contributed by atoms with Crippen molar-refractivity contribution < 1.29 is 14.4 Å². The van der Waals surface area contributed by atoms with E-state index in [4.69, 9.17) is 9.57 Å². The summed E-state index contributed by atoms with van der Waals surface area (Å²) < 4.78 is 5.25. The molecular formula is C21H17NO3. The lowest BCUT2D eigenvalue weighted by Gasteiger charge is -2.05. The quantitative estimate of drug-likeness (QED) is 0.529. The van der Waals surface area contributed by atoms with Gasteiger partial charge in [-0.1, -0.05) is 41.6 Å². The van der Waals surface area contributed by atoms with Gasteiger partial charge in [-0.15, -0.1) is 0 Å². The molecule has 0 unspecified atom stereocenters. The fraction of sp³-hybridized carbons (Fsp3) is 0.143. The molecule has 25 heavy (non-hydrogen) atoms. The van der Waals surface area contributed by atoms with Crippen LogP contribution in [-0.4, -0.2) is 18.8 Å². The Bertz CT molecular complexity index is 986. The van der Waals surface area contributed by atoms with Gasteiger partial charge in [-0.05, 0) is 53.4 Å². The Balaban J connectivity index is 1.60. The molecule has 1 aliphatic carbocycles. The highest BCUT2D eigenvalue weighted by Crippen LogP contribution is 2.27. The molecule has 0 heterocycles. The zero-order valence-electron chi connectivity index (χ0n) is 13.9. The molecule has 3 aromatic rings. The van der Waals surface area contributed by atoms with E-state index in [1.807, 2.05) is 54.6 Å². The van der Waals surface area contributed by atoms with Crippen molar-refractivity contribution in [2.75, 3.05) is 7.11 Å². The summed E-state index contributed by atoms with van der Waals surface area (Å²) >= 11 is 0. The van der Waals surface area contributed by atoms with Crippen LogP contribution in [0.5, 0.6) is 5.75 Å². The SMILES string of the molecule is COc1ccc2c(c1)CC/C2=N\OC(=O)c1cccc2ccccc12. The standard InChI is InChI=1S/C21H17NO3/c1-24-16-10-11-18-15(13-16)9-12-20(18)22-25-21(23)19-8-4-6-14-5-2-3-7-17(14)19/h2-8,10-11,13H,9,12H2,1H3/b22-20+. The van der Waals surface area contributed by atoms with Crippen molar-refractivity contribution in [2.24, 2.45) is 5.16 Å². The molecule has 0 radical (unpaired) electrons. The van der Waals surface area contributed by atoms with Crippen molar-refractivity contribution in [1.82, 2.24) is 0 Å². The molecular weight excluding hydrogens is 314 g/mol. The minimum Gasteiger partial charge on any atom is -0.497 e. The van der Waals surface area contributed by atoms with E-state index in [9.17, 15) is 4.79 Å². The lowest BCUT2D eigenvalue weighted by atomic mass is 10.1. The van der Waals surface area contributed by atoms with Gasteiger partial charge in [0.05, 0.1) is 18.4 Å². The molecule has 4 rings (SSSR count). The van der Waals surface area contributed by atoms with Crippen molar-refractivity contribution in [2.45, 2.75) is 12.8 Å². The molecule has 0 saturated heterocycles. The summed E-state index contributed by atoms with van der Waals surface area (Å²) in [5.41, 5.74) is 3.51. The molecule has 4 heteroatoms. The average Bonchev–Trinajstić information content (AvgIpc) is 3.07. The number of ether oxygens (including phenoxy) is 1. The van der Waals surface area contributed by atoms with Gasteiger partial charge in [0.1, 0.15) is 5.75 Å². The number of carbonyl (C=O) groups excluding carboxylic acids is 1. The van der Waals surface area contributed by atoms with Crippen molar-refractivity contribution in [3.05, 3.63) is 77.4 Å². The van der Waals surface area contributed by atoms with E-state index in [1.54, 1.807) is 13.2 Å². The number of aryl methyl sites for hydroxylation is 1. The number of rotatable bonds is 3. The fourth-order valence-electron chi connectivity index (χ4n) is 3.22. The van der Waals surface area contributed by atoms with E-state index in [1.165, 1.54) is 5.56 Å². The van der Waals surface area contributed by atoms with Gasteiger partial charge in [0.25, 0.3) is 0 Å². The smallest absolute Gasteiger partial charge is 0.366 e. The number of fused-ring (bicyclic) bond motifs is 2. The lowest BCUT2D eigenvalue weighted by molar-refractivity contribution is 0.0518. The largest absolute Gasteiger partial charge is 0.497 e. The van der Waals surface area contributed by atoms with Crippen LogP contribution in [0.15, 0.2) is 65.8 Å². The summed E-state index contributed by atoms with van der Waals surface area (Å²) in [5, 5.41) is 6.00. The van der Waals surface area contributed by atoms with Crippen LogP contribution < -0.4 is 4.74 Å². The van der Waals surface area contributed by atoms with Crippen molar-refractivity contribution >= 4 is 22.5 Å². The second kappa shape index (κ2) is 6.40. The molecule has 124 valence electrons. The summed E-state index contributed by atoms with van der Waals surface area (Å²) in [6.07, 6.45) is 1.63. The van der Waals surface area contributed by atoms with Gasteiger partial charge >= 0.3 is 5.97 Å². The third-order valence-corrected chi connectivity index (χ3v) is 4.50. The molecule has 0 spiro atoms. The van der Waals surface area contributed by atoms with Gasteiger partial charge in [-0.3, -0.25) is 0 Å². The van der Waals surface area contributed by atoms with Gasteiger partial charge in [0, 0.05) is 5.56 Å². The molecule has 1 aliphatic rings. The molecule has 4 nitrogen and oxygen atoms in total. The zero-order chi connectivity index (χ0) is 17.2. The number of nitrogens with zero attached hydrogens (tertiary/aromatic N) is 1. The van der Waals surface area contributed by atoms with Crippen LogP contribution in [0.4, 0.5) is 0 Å². The van der Waals surface area contributed by atoms with E-state index in [0.717, 1.165) is 40.6 Å². The Hall–Kier alpha value is -3.14. The van der Waals surface area contributed by atoms with E-state index in [2.05, 4.69) is 5.16 Å². The van der Waals surface area contributed by atoms with Crippen LogP contribution >= 0.6 is 0 Å². The summed E-state index contributed by atoms with van der Waals surface area (Å²) in [6, 6.07) is 19.2. The maximum absolute atomic E-state index is 12.5. The highest BCUT2D eigenvalue weighted by Gasteiger charge is 2.20. The van der Waals surface area contributed by atoms with E-state index >= 15 is 0 Å². The van der Waals surface area contributed by atoms with Crippen LogP contribution in [0.2, 0.25) is 0 Å². The van der Waals surface area contributed by atoms with Crippen LogP contribution in [0.1, 0.15) is 27.9 Å². The normalized spacial score (nSPS) is 14.5. The molecule has 0 aromatic heterocycles. The minimum atomic E-state index is -0.439. The second-order valence-electron chi connectivity index (χ2n) is 5.97. The van der Waals surface area contributed by atoms with E-state index in [0.29, 0.717) is 5.56 Å². The Morgan fingerprint density at radius 3 is 2.72 bits per heavy atom. The summed E-state index contributed by atoms with van der Waals surface area (Å²) in [5.74, 6) is 0.388. The first-order valence-corrected chi connectivity index (χ1v) is 8.19. The van der Waals surface area contributed by atoms with Crippen molar-refractivity contribution in [1.29, 1.82) is 0 Å². The third-order valence-electron chi connectivity index (χ3n) is 4.50. The van der Waals surface area contributed by atoms with Gasteiger partial charge in [-0.2, -0.15) is 0 Å². The molecule has 3 aromatic carbocycles. The fourth-order valence-corrected chi connectivity index (χ4v) is 3.22. The molecule has 0 bridgehead atoms. The van der Waals surface area contributed by atoms with E-state index in [-0.39, 0.29) is 0 Å². The van der Waals surface area contributed by atoms with Gasteiger partial charge in [-0.25, -0.2) is 4.79 Å². The second-order valence-corrected chi connectivity index (χ2v) is 5.97. The maximum Gasteiger partial charge on any atom is 0.366 e. The highest BCUT2D eigenvalue weighted by molar-refractivity contribution is 6.06. The maximum atomic E-state index is 12.5. The van der Waals surface area contributed by atoms with Gasteiger partial charge in [0.2, 0.25) is 0 Å². The average molecular weight is 331 g/mol. The monoisotopic (exact) mass is 331 g/mol. The number of benzene rings is 3. The first kappa shape index (κ1) is 15.4. The van der Waals surface area contributed by atoms with Crippen LogP contribution in [0, 0.1) is 0 Å². The van der Waals surface area contributed by atoms with Crippen molar-refractivity contribution in [3.63, 3.8) is 0 Å². The predicted molar refractivity (Wildman–Crippen MR) is 97.2 cm³/mol. The van der Waals surface area contributed by atoms with Crippen LogP contribution in [0.3, 0.4) is 0 Å². The third kappa shape index (κ3) is 2.87. The number of oxime groups is 1. The number of carbonyl (C=O) groups is 1. The van der Waals surface area contributed by atoms with Crippen LogP contribution in [-0.2, 0) is 11.3 Å². The Labute approximate surface area is 145 Å². The van der Waals surface area contributed by atoms with Gasteiger partial charge < -0.3 is 9.57 Å². The van der Waals surface area contributed by atoms with Crippen molar-refractivity contribution in [3.8, 4) is 5.75 Å². The predicted octanol–water partition coefficient (Wildman–Crippen LogP) is 4.36. The Morgan fingerprint density at radius 2 is 1.84 bits per heavy atom. The first-order valence-electron chi connectivity index (χ1n) is 8.19. The minimum absolute atomic E-state index is 0.439. The summed E-state index contributed by atoms with van der Waals surface area (Å²) in [6.45, 7) is 0. The molecule has 0 saturated carbocycles. The molecule has 0 atom stereocenters. The van der Waals surface area contributed by atoms with E-state index < -0.39 is 5.97 Å². The Morgan fingerprint density at radius 1 is 1.00 bits per heavy atom. The first-order chi connectivity index (χ1) is 12.3.